The predicted octanol–water partition coefficient (Wildman–Crippen LogP) is 2.00. The van der Waals surface area contributed by atoms with Gasteiger partial charge in [0.15, 0.2) is 0 Å². The summed E-state index contributed by atoms with van der Waals surface area (Å²) < 4.78 is 5.41. The van der Waals surface area contributed by atoms with Crippen LogP contribution in [-0.2, 0) is 0 Å². The first-order valence-electron chi connectivity index (χ1n) is 8.63. The van der Waals surface area contributed by atoms with Gasteiger partial charge in [0.05, 0.1) is 25.7 Å². The van der Waals surface area contributed by atoms with Crippen molar-refractivity contribution in [1.82, 2.24) is 4.90 Å². The normalized spacial score (nSPS) is 17.2. The number of nitrogens with zero attached hydrogens (tertiary/aromatic N) is 1. The van der Waals surface area contributed by atoms with E-state index in [4.69, 9.17) is 4.74 Å². The van der Waals surface area contributed by atoms with Gasteiger partial charge >= 0.3 is 6.03 Å². The van der Waals surface area contributed by atoms with Crippen molar-refractivity contribution in [2.24, 2.45) is 0 Å². The zero-order valence-corrected chi connectivity index (χ0v) is 14.8. The van der Waals surface area contributed by atoms with Gasteiger partial charge in [0, 0.05) is 31.6 Å². The summed E-state index contributed by atoms with van der Waals surface area (Å²) in [5.74, 6) is 0.825. The number of piperidine rings is 1. The van der Waals surface area contributed by atoms with E-state index >= 15 is 0 Å². The van der Waals surface area contributed by atoms with Gasteiger partial charge in [0.25, 0.3) is 0 Å². The highest BCUT2D eigenvalue weighted by molar-refractivity contribution is 5.89. The van der Waals surface area contributed by atoms with Gasteiger partial charge in [-0.1, -0.05) is 0 Å². The summed E-state index contributed by atoms with van der Waals surface area (Å²) in [6.07, 6.45) is 2.14. The smallest absolute Gasteiger partial charge is 0.321 e. The quantitative estimate of drug-likeness (QED) is 0.872. The van der Waals surface area contributed by atoms with Crippen molar-refractivity contribution in [3.05, 3.63) is 24.3 Å². The number of amides is 2. The van der Waals surface area contributed by atoms with Crippen LogP contribution < -0.4 is 15.0 Å². The van der Waals surface area contributed by atoms with E-state index in [-0.39, 0.29) is 6.03 Å². The lowest BCUT2D eigenvalue weighted by molar-refractivity contribution is -0.928. The van der Waals surface area contributed by atoms with E-state index in [1.54, 1.807) is 4.90 Å². The number of anilines is 1. The van der Waals surface area contributed by atoms with Crippen molar-refractivity contribution in [2.75, 3.05) is 32.1 Å². The van der Waals surface area contributed by atoms with Gasteiger partial charge in [-0.05, 0) is 45.0 Å². The Hall–Kier alpha value is -1.75. The average molecular weight is 320 g/mol. The molecule has 1 saturated heterocycles. The summed E-state index contributed by atoms with van der Waals surface area (Å²) in [7, 11) is 2.25. The number of ether oxygens (including phenoxy) is 1. The summed E-state index contributed by atoms with van der Waals surface area (Å²) in [5, 5.41) is 2.97. The van der Waals surface area contributed by atoms with E-state index < -0.39 is 0 Å². The van der Waals surface area contributed by atoms with Crippen LogP contribution in [0.5, 0.6) is 5.75 Å². The molecule has 2 amide bonds. The van der Waals surface area contributed by atoms with Crippen molar-refractivity contribution >= 4 is 11.7 Å². The summed E-state index contributed by atoms with van der Waals surface area (Å²) in [4.78, 5) is 15.8. The molecule has 1 atom stereocenters. The lowest BCUT2D eigenvalue weighted by Crippen LogP contribution is -3.16. The third kappa shape index (κ3) is 4.86. The van der Waals surface area contributed by atoms with E-state index in [1.165, 1.54) is 0 Å². The molecule has 2 rings (SSSR count). The first-order chi connectivity index (χ1) is 11.0. The lowest BCUT2D eigenvalue weighted by atomic mass is 10.0. The molecule has 128 valence electrons. The van der Waals surface area contributed by atoms with Gasteiger partial charge in [-0.2, -0.15) is 0 Å². The van der Waals surface area contributed by atoms with Gasteiger partial charge < -0.3 is 19.9 Å². The standard InChI is InChI=1S/C18H29N3O2/c1-5-23-17-8-6-15(7-9-17)19-18(22)21-12-10-16(11-13-21)20(4)14(2)3/h6-9,14,16H,5,10-13H2,1-4H3,(H,19,22)/p+1. The fourth-order valence-electron chi connectivity index (χ4n) is 3.01. The molecule has 5 heteroatoms. The largest absolute Gasteiger partial charge is 0.494 e. The number of quaternary nitrogens is 1. The molecule has 0 spiro atoms. The van der Waals surface area contributed by atoms with Crippen molar-refractivity contribution in [2.45, 2.75) is 45.7 Å². The Morgan fingerprint density at radius 1 is 1.30 bits per heavy atom. The van der Waals surface area contributed by atoms with E-state index in [9.17, 15) is 4.79 Å². The number of nitrogens with one attached hydrogen (secondary N) is 2. The third-order valence-electron chi connectivity index (χ3n) is 4.75. The number of hydrogen-bond donors (Lipinski definition) is 2. The number of carbonyl (C=O) groups is 1. The number of urea groups is 1. The van der Waals surface area contributed by atoms with Crippen LogP contribution in [0, 0.1) is 0 Å². The van der Waals surface area contributed by atoms with Crippen molar-refractivity contribution in [1.29, 1.82) is 0 Å². The summed E-state index contributed by atoms with van der Waals surface area (Å²) in [6.45, 7) is 8.76. The Morgan fingerprint density at radius 3 is 2.43 bits per heavy atom. The Kier molecular flexibility index (Phi) is 6.28. The minimum Gasteiger partial charge on any atom is -0.494 e. The zero-order valence-electron chi connectivity index (χ0n) is 14.8. The van der Waals surface area contributed by atoms with Crippen LogP contribution in [0.2, 0.25) is 0 Å². The monoisotopic (exact) mass is 320 g/mol. The third-order valence-corrected chi connectivity index (χ3v) is 4.75. The number of likely N-dealkylation sites (tertiary alicyclic amines) is 1. The minimum atomic E-state index is -0.00481. The van der Waals surface area contributed by atoms with Crippen molar-refractivity contribution < 1.29 is 14.4 Å². The molecule has 5 nitrogen and oxygen atoms in total. The van der Waals surface area contributed by atoms with Crippen LogP contribution >= 0.6 is 0 Å². The fraction of sp³-hybridized carbons (Fsp3) is 0.611. The molecule has 0 bridgehead atoms. The summed E-state index contributed by atoms with van der Waals surface area (Å²) >= 11 is 0. The molecule has 1 aromatic carbocycles. The van der Waals surface area contributed by atoms with Gasteiger partial charge in [0.2, 0.25) is 0 Å². The number of carbonyl (C=O) groups excluding carboxylic acids is 1. The fourth-order valence-corrected chi connectivity index (χ4v) is 3.01. The second-order valence-corrected chi connectivity index (χ2v) is 6.55. The molecule has 1 aromatic rings. The first kappa shape index (κ1) is 17.6. The number of hydrogen-bond acceptors (Lipinski definition) is 2. The molecule has 23 heavy (non-hydrogen) atoms. The van der Waals surface area contributed by atoms with E-state index in [0.29, 0.717) is 18.7 Å². The molecule has 1 fully saturated rings. The zero-order chi connectivity index (χ0) is 16.8. The van der Waals surface area contributed by atoms with E-state index in [1.807, 2.05) is 36.1 Å². The highest BCUT2D eigenvalue weighted by Crippen LogP contribution is 2.17. The Bertz CT molecular complexity index is 493. The minimum absolute atomic E-state index is 0.00481. The van der Waals surface area contributed by atoms with Gasteiger partial charge in [-0.15, -0.1) is 0 Å². The van der Waals surface area contributed by atoms with Crippen molar-refractivity contribution in [3.8, 4) is 5.75 Å². The van der Waals surface area contributed by atoms with E-state index in [2.05, 4.69) is 26.2 Å². The predicted molar refractivity (Wildman–Crippen MR) is 93.2 cm³/mol. The maximum Gasteiger partial charge on any atom is 0.321 e. The van der Waals surface area contributed by atoms with Crippen LogP contribution in [0.4, 0.5) is 10.5 Å². The average Bonchev–Trinajstić information content (AvgIpc) is 2.56. The SMILES string of the molecule is CCOc1ccc(NC(=O)N2CCC([NH+](C)C(C)C)CC2)cc1. The molecule has 1 unspecified atom stereocenters. The molecular weight excluding hydrogens is 290 g/mol. The summed E-state index contributed by atoms with van der Waals surface area (Å²) in [5.41, 5.74) is 0.811. The molecule has 2 N–H and O–H groups in total. The highest BCUT2D eigenvalue weighted by atomic mass is 16.5. The Balaban J connectivity index is 1.83. The molecule has 0 saturated carbocycles. The van der Waals surface area contributed by atoms with Crippen LogP contribution in [0.15, 0.2) is 24.3 Å². The topological polar surface area (TPSA) is 46.0 Å². The second kappa shape index (κ2) is 8.20. The van der Waals surface area contributed by atoms with Gasteiger partial charge in [0.1, 0.15) is 5.75 Å². The van der Waals surface area contributed by atoms with Crippen LogP contribution in [0.25, 0.3) is 0 Å². The lowest BCUT2D eigenvalue weighted by Gasteiger charge is -2.36. The van der Waals surface area contributed by atoms with E-state index in [0.717, 1.165) is 37.4 Å². The molecular formula is C18H30N3O2+. The second-order valence-electron chi connectivity index (χ2n) is 6.55. The van der Waals surface area contributed by atoms with Gasteiger partial charge in [-0.25, -0.2) is 4.79 Å². The Morgan fingerprint density at radius 2 is 1.91 bits per heavy atom. The molecule has 0 aliphatic carbocycles. The van der Waals surface area contributed by atoms with Crippen molar-refractivity contribution in [3.63, 3.8) is 0 Å². The van der Waals surface area contributed by atoms with Crippen LogP contribution in [-0.4, -0.2) is 49.8 Å². The van der Waals surface area contributed by atoms with Crippen LogP contribution in [0.3, 0.4) is 0 Å². The molecule has 0 radical (unpaired) electrons. The number of rotatable bonds is 5. The molecule has 1 heterocycles. The van der Waals surface area contributed by atoms with Crippen LogP contribution in [0.1, 0.15) is 33.6 Å². The first-order valence-corrected chi connectivity index (χ1v) is 8.63. The number of benzene rings is 1. The maximum atomic E-state index is 12.4. The Labute approximate surface area is 139 Å². The molecule has 1 aliphatic rings. The molecule has 0 aromatic heterocycles. The van der Waals surface area contributed by atoms with Gasteiger partial charge in [-0.3, -0.25) is 0 Å². The maximum absolute atomic E-state index is 12.4. The molecule has 1 aliphatic heterocycles. The summed E-state index contributed by atoms with van der Waals surface area (Å²) in [6, 6.07) is 8.81. The highest BCUT2D eigenvalue weighted by Gasteiger charge is 2.28.